The Hall–Kier alpha value is -2.34. The molecule has 7 heteroatoms. The first-order valence-electron chi connectivity index (χ1n) is 8.60. The van der Waals surface area contributed by atoms with Crippen molar-refractivity contribution in [2.75, 3.05) is 4.90 Å². The number of pyridine rings is 1. The second-order valence-corrected chi connectivity index (χ2v) is 11.8. The van der Waals surface area contributed by atoms with Crippen LogP contribution in [0.25, 0.3) is 0 Å². The van der Waals surface area contributed by atoms with E-state index >= 15 is 0 Å². The molecule has 3 aromatic rings. The summed E-state index contributed by atoms with van der Waals surface area (Å²) in [5.74, 6) is 0.673. The fourth-order valence-electron chi connectivity index (χ4n) is 3.65. The molecule has 5 rings (SSSR count). The van der Waals surface area contributed by atoms with Gasteiger partial charge in [-0.05, 0) is 0 Å². The quantitative estimate of drug-likeness (QED) is 0.373. The van der Waals surface area contributed by atoms with E-state index in [1.54, 1.807) is 36.5 Å². The number of hydrogen-bond donors (Lipinski definition) is 0. The van der Waals surface area contributed by atoms with Crippen LogP contribution in [0, 0.1) is 0 Å². The van der Waals surface area contributed by atoms with E-state index in [0.717, 1.165) is 15.7 Å². The van der Waals surface area contributed by atoms with Crippen molar-refractivity contribution in [3.63, 3.8) is 0 Å². The number of anilines is 3. The van der Waals surface area contributed by atoms with E-state index in [9.17, 15) is 12.3 Å². The Morgan fingerprint density at radius 2 is 1.78 bits per heavy atom. The van der Waals surface area contributed by atoms with Crippen molar-refractivity contribution < 1.29 is 12.3 Å². The van der Waals surface area contributed by atoms with Gasteiger partial charge in [-0.15, -0.1) is 0 Å². The fraction of sp³-hybridized carbons (Fsp3) is 0.150. The van der Waals surface area contributed by atoms with Gasteiger partial charge in [0.25, 0.3) is 0 Å². The van der Waals surface area contributed by atoms with Gasteiger partial charge in [-0.25, -0.2) is 0 Å². The summed E-state index contributed by atoms with van der Waals surface area (Å²) in [6.07, 6.45) is 1.59. The molecule has 1 atom stereocenters. The molecule has 0 saturated carbocycles. The first-order valence-corrected chi connectivity index (χ1v) is 12.5. The molecule has 1 aromatic heterocycles. The summed E-state index contributed by atoms with van der Waals surface area (Å²) in [4.78, 5) is 6.65. The van der Waals surface area contributed by atoms with Gasteiger partial charge < -0.3 is 0 Å². The van der Waals surface area contributed by atoms with Crippen LogP contribution in [-0.2, 0) is 13.7 Å². The zero-order valence-electron chi connectivity index (χ0n) is 14.7. The molecule has 5 nitrogen and oxygen atoms in total. The summed E-state index contributed by atoms with van der Waals surface area (Å²) in [5.41, 5.74) is 2.38. The van der Waals surface area contributed by atoms with Gasteiger partial charge in [0.1, 0.15) is 0 Å². The van der Waals surface area contributed by atoms with Crippen LogP contribution in [0.2, 0.25) is 0 Å². The first kappa shape index (κ1) is 16.8. The molecule has 3 heterocycles. The van der Waals surface area contributed by atoms with Gasteiger partial charge in [0, 0.05) is 0 Å². The van der Waals surface area contributed by atoms with Crippen LogP contribution in [0.15, 0.2) is 64.5 Å². The van der Waals surface area contributed by atoms with Crippen LogP contribution < -0.4 is 13.8 Å². The summed E-state index contributed by atoms with van der Waals surface area (Å²) in [7, 11) is -3.71. The molecule has 0 fully saturated rings. The molecule has 0 saturated heterocycles. The Labute approximate surface area is 161 Å². The number of benzene rings is 2. The number of sulfone groups is 1. The van der Waals surface area contributed by atoms with Crippen molar-refractivity contribution in [1.29, 1.82) is 0 Å². The van der Waals surface area contributed by atoms with E-state index in [0.29, 0.717) is 21.9 Å². The number of nitrogens with zero attached hydrogens (tertiary/aromatic N) is 2. The summed E-state index contributed by atoms with van der Waals surface area (Å²) >= 11 is -2.58. The molecule has 136 valence electrons. The molecule has 1 unspecified atom stereocenters. The van der Waals surface area contributed by atoms with E-state index in [-0.39, 0.29) is 9.79 Å². The summed E-state index contributed by atoms with van der Waals surface area (Å²) < 4.78 is 41.0. The van der Waals surface area contributed by atoms with Crippen molar-refractivity contribution in [3.05, 3.63) is 60.3 Å². The summed E-state index contributed by atoms with van der Waals surface area (Å²) in [5, 5.41) is 0. The zero-order valence-corrected chi connectivity index (χ0v) is 17.2. The van der Waals surface area contributed by atoms with Crippen molar-refractivity contribution in [2.24, 2.45) is 0 Å². The molecular formula is C20H16N2O3SSe. The van der Waals surface area contributed by atoms with Crippen LogP contribution in [0.3, 0.4) is 0 Å². The topological polar surface area (TPSA) is 67.3 Å². The minimum atomic E-state index is -3.71. The third kappa shape index (κ3) is 2.16. The number of para-hydroxylation sites is 1. The van der Waals surface area contributed by atoms with Crippen LogP contribution >= 0.6 is 0 Å². The number of aromatic nitrogens is 1. The number of hydrogen-bond acceptors (Lipinski definition) is 5. The van der Waals surface area contributed by atoms with Crippen LogP contribution in [-0.4, -0.2) is 27.2 Å². The molecule has 0 amide bonds. The Morgan fingerprint density at radius 1 is 1.00 bits per heavy atom. The maximum absolute atomic E-state index is 13.3. The third-order valence-corrected chi connectivity index (χ3v) is 9.92. The predicted molar refractivity (Wildman–Crippen MR) is 104 cm³/mol. The van der Waals surface area contributed by atoms with E-state index in [1.807, 2.05) is 23.1 Å². The monoisotopic (exact) mass is 444 g/mol. The second-order valence-electron chi connectivity index (χ2n) is 6.92. The Bertz CT molecular complexity index is 1250. The van der Waals surface area contributed by atoms with Crippen molar-refractivity contribution in [3.8, 4) is 0 Å². The van der Waals surface area contributed by atoms with Crippen LogP contribution in [0.1, 0.15) is 25.3 Å². The van der Waals surface area contributed by atoms with Crippen molar-refractivity contribution in [1.82, 2.24) is 4.98 Å². The molecule has 2 aliphatic heterocycles. The standard InChI is InChI=1S/C20H16N2O3SSe/c1-12(2)13-8-9-17-14(11-13)22-19-15(5-3-7-18(19)27(17)25)26(23,24)16-6-4-10-21-20(16)22/h3-12H,1-2H3. The summed E-state index contributed by atoms with van der Waals surface area (Å²) in [6, 6.07) is 14.2. The van der Waals surface area contributed by atoms with E-state index in [4.69, 9.17) is 0 Å². The second kappa shape index (κ2) is 5.58. The Morgan fingerprint density at radius 3 is 2.56 bits per heavy atom. The molecule has 0 N–H and O–H groups in total. The minimum absolute atomic E-state index is 0.180. The third-order valence-electron chi connectivity index (χ3n) is 5.02. The van der Waals surface area contributed by atoms with Gasteiger partial charge in [0.2, 0.25) is 0 Å². The van der Waals surface area contributed by atoms with Gasteiger partial charge in [0.15, 0.2) is 0 Å². The Balaban J connectivity index is 1.94. The van der Waals surface area contributed by atoms with Crippen molar-refractivity contribution >= 4 is 49.8 Å². The SMILES string of the molecule is CC(C)c1ccc2c(c1)N1c3ncccc3S(=O)(=O)c3cccc(c31)[Se]2=O. The zero-order chi connectivity index (χ0) is 18.9. The molecule has 2 aliphatic rings. The van der Waals surface area contributed by atoms with Gasteiger partial charge in [-0.3, -0.25) is 0 Å². The molecule has 0 spiro atoms. The first-order chi connectivity index (χ1) is 12.9. The van der Waals surface area contributed by atoms with E-state index in [2.05, 4.69) is 18.8 Å². The molecule has 0 radical (unpaired) electrons. The van der Waals surface area contributed by atoms with Crippen LogP contribution in [0.4, 0.5) is 17.2 Å². The normalized spacial score (nSPS) is 18.6. The average Bonchev–Trinajstić information content (AvgIpc) is 2.67. The predicted octanol–water partition coefficient (Wildman–Crippen LogP) is 2.67. The molecule has 2 aromatic carbocycles. The molecular weight excluding hydrogens is 427 g/mol. The number of rotatable bonds is 1. The molecule has 27 heavy (non-hydrogen) atoms. The van der Waals surface area contributed by atoms with Gasteiger partial charge in [-0.2, -0.15) is 0 Å². The molecule has 0 bridgehead atoms. The van der Waals surface area contributed by atoms with Gasteiger partial charge >= 0.3 is 162 Å². The summed E-state index contributed by atoms with van der Waals surface area (Å²) in [6.45, 7) is 4.20. The maximum atomic E-state index is 13.3. The fourth-order valence-corrected chi connectivity index (χ4v) is 8.22. The van der Waals surface area contributed by atoms with Gasteiger partial charge in [-0.1, -0.05) is 0 Å². The Kier molecular flexibility index (Phi) is 3.47. The number of fused-ring (bicyclic) bond motifs is 4. The average molecular weight is 443 g/mol. The van der Waals surface area contributed by atoms with E-state index < -0.39 is 23.7 Å². The van der Waals surface area contributed by atoms with Crippen molar-refractivity contribution in [2.45, 2.75) is 29.6 Å². The van der Waals surface area contributed by atoms with Crippen LogP contribution in [0.5, 0.6) is 0 Å². The van der Waals surface area contributed by atoms with E-state index in [1.165, 1.54) is 0 Å². The van der Waals surface area contributed by atoms with Gasteiger partial charge in [0.05, 0.1) is 0 Å². The molecule has 0 aliphatic carbocycles.